The summed E-state index contributed by atoms with van der Waals surface area (Å²) in [6.45, 7) is 4.32. The van der Waals surface area contributed by atoms with E-state index >= 15 is 0 Å². The molecular formula is C50H34N4. The number of fused-ring (bicyclic) bond motifs is 6. The van der Waals surface area contributed by atoms with E-state index in [1.807, 2.05) is 12.4 Å². The third-order valence-corrected chi connectivity index (χ3v) is 10.9. The monoisotopic (exact) mass is 690 g/mol. The van der Waals surface area contributed by atoms with Crippen molar-refractivity contribution in [3.63, 3.8) is 0 Å². The smallest absolute Gasteiger partial charge is 0.0993 e. The van der Waals surface area contributed by atoms with Gasteiger partial charge in [0.25, 0.3) is 0 Å². The summed E-state index contributed by atoms with van der Waals surface area (Å²) in [5, 5.41) is 15.4. The number of hydrogen-bond donors (Lipinski definition) is 0. The van der Waals surface area contributed by atoms with Crippen LogP contribution in [0.15, 0.2) is 170 Å². The van der Waals surface area contributed by atoms with Crippen LogP contribution in [0.1, 0.15) is 16.7 Å². The second kappa shape index (κ2) is 12.5. The zero-order valence-electron chi connectivity index (χ0n) is 30.0. The van der Waals surface area contributed by atoms with Crippen LogP contribution in [0, 0.1) is 25.2 Å². The molecule has 3 aromatic heterocycles. The highest BCUT2D eigenvalue weighted by molar-refractivity contribution is 6.13. The quantitative estimate of drug-likeness (QED) is 0.180. The number of para-hydroxylation sites is 2. The standard InChI is InChI=1S/C50H34N4/c1-32-11-3-5-13-38(32)36-19-21-42-40-15-7-9-17-44(40)53(46(42)29-36)48-27-34(31-51)28-49(50(48)35-23-25-52-26-24-35)54-45-18-10-8-16-41(45)43-22-20-37(30-47(43)54)39-14-6-4-12-33(39)2/h3-30H,1-2H3. The Morgan fingerprint density at radius 1 is 0.444 bits per heavy atom. The minimum atomic E-state index is 0.583. The van der Waals surface area contributed by atoms with Gasteiger partial charge in [0, 0.05) is 39.5 Å². The molecule has 54 heavy (non-hydrogen) atoms. The summed E-state index contributed by atoms with van der Waals surface area (Å²) < 4.78 is 4.72. The van der Waals surface area contributed by atoms with Gasteiger partial charge in [-0.1, -0.05) is 109 Å². The molecule has 0 radical (unpaired) electrons. The number of aryl methyl sites for hydroxylation is 2. The molecule has 10 aromatic rings. The van der Waals surface area contributed by atoms with Gasteiger partial charge < -0.3 is 9.13 Å². The zero-order chi connectivity index (χ0) is 36.3. The maximum atomic E-state index is 10.8. The van der Waals surface area contributed by atoms with E-state index in [0.29, 0.717) is 5.56 Å². The average molecular weight is 691 g/mol. The van der Waals surface area contributed by atoms with E-state index in [1.165, 1.54) is 22.3 Å². The van der Waals surface area contributed by atoms with Gasteiger partial charge in [0.15, 0.2) is 0 Å². The van der Waals surface area contributed by atoms with Crippen LogP contribution in [0.4, 0.5) is 0 Å². The lowest BCUT2D eigenvalue weighted by Crippen LogP contribution is -2.05. The normalized spacial score (nSPS) is 11.5. The molecule has 0 unspecified atom stereocenters. The second-order valence-corrected chi connectivity index (χ2v) is 14.0. The number of aromatic nitrogens is 3. The fraction of sp³-hybridized carbons (Fsp3) is 0.0400. The van der Waals surface area contributed by atoms with E-state index in [1.54, 1.807) is 0 Å². The number of pyridine rings is 1. The SMILES string of the molecule is Cc1ccccc1-c1ccc2c3ccccc3n(-c3cc(C#N)cc(-n4c5ccccc5c5ccc(-c6ccccc6C)cc54)c3-c3ccncc3)c2c1. The minimum Gasteiger partial charge on any atom is -0.308 e. The lowest BCUT2D eigenvalue weighted by Gasteiger charge is -2.21. The molecule has 254 valence electrons. The first kappa shape index (κ1) is 31.5. The molecule has 0 fully saturated rings. The molecule has 0 saturated carbocycles. The van der Waals surface area contributed by atoms with Crippen molar-refractivity contribution in [1.29, 1.82) is 5.26 Å². The first-order chi connectivity index (χ1) is 26.6. The Morgan fingerprint density at radius 2 is 0.889 bits per heavy atom. The molecule has 4 heteroatoms. The molecule has 0 bridgehead atoms. The van der Waals surface area contributed by atoms with Crippen LogP contribution in [0.25, 0.3) is 88.4 Å². The summed E-state index contributed by atoms with van der Waals surface area (Å²) in [5.41, 5.74) is 16.0. The zero-order valence-corrected chi connectivity index (χ0v) is 30.0. The van der Waals surface area contributed by atoms with Gasteiger partial charge >= 0.3 is 0 Å². The Hall–Kier alpha value is -7.22. The van der Waals surface area contributed by atoms with Crippen LogP contribution in [-0.4, -0.2) is 14.1 Å². The van der Waals surface area contributed by atoms with E-state index in [4.69, 9.17) is 0 Å². The predicted molar refractivity (Wildman–Crippen MR) is 223 cm³/mol. The van der Waals surface area contributed by atoms with Crippen molar-refractivity contribution in [2.75, 3.05) is 0 Å². The van der Waals surface area contributed by atoms with Gasteiger partial charge in [0.05, 0.1) is 45.1 Å². The molecule has 7 aromatic carbocycles. The van der Waals surface area contributed by atoms with E-state index in [-0.39, 0.29) is 0 Å². The highest BCUT2D eigenvalue weighted by Gasteiger charge is 2.24. The van der Waals surface area contributed by atoms with Gasteiger partial charge in [0.2, 0.25) is 0 Å². The minimum absolute atomic E-state index is 0.583. The second-order valence-electron chi connectivity index (χ2n) is 14.0. The average Bonchev–Trinajstić information content (AvgIpc) is 3.73. The molecule has 0 amide bonds. The van der Waals surface area contributed by atoms with Crippen molar-refractivity contribution in [3.8, 4) is 50.8 Å². The molecule has 3 heterocycles. The van der Waals surface area contributed by atoms with E-state index in [9.17, 15) is 5.26 Å². The van der Waals surface area contributed by atoms with E-state index in [0.717, 1.165) is 77.2 Å². The Morgan fingerprint density at radius 3 is 1.37 bits per heavy atom. The molecule has 0 N–H and O–H groups in total. The number of hydrogen-bond acceptors (Lipinski definition) is 2. The maximum absolute atomic E-state index is 10.8. The van der Waals surface area contributed by atoms with Gasteiger partial charge in [-0.2, -0.15) is 5.26 Å². The summed E-state index contributed by atoms with van der Waals surface area (Å²) in [7, 11) is 0. The van der Waals surface area contributed by atoms with Crippen molar-refractivity contribution >= 4 is 43.6 Å². The molecule has 10 rings (SSSR count). The highest BCUT2D eigenvalue weighted by Crippen LogP contribution is 2.44. The first-order valence-electron chi connectivity index (χ1n) is 18.3. The number of rotatable bonds is 5. The van der Waals surface area contributed by atoms with Crippen LogP contribution in [-0.2, 0) is 0 Å². The van der Waals surface area contributed by atoms with Crippen molar-refractivity contribution in [2.24, 2.45) is 0 Å². The van der Waals surface area contributed by atoms with Gasteiger partial charge in [-0.05, 0) is 101 Å². The molecule has 4 nitrogen and oxygen atoms in total. The largest absolute Gasteiger partial charge is 0.308 e. The van der Waals surface area contributed by atoms with Crippen LogP contribution in [0.5, 0.6) is 0 Å². The Balaban J connectivity index is 1.36. The first-order valence-corrected chi connectivity index (χ1v) is 18.3. The van der Waals surface area contributed by atoms with Gasteiger partial charge in [-0.25, -0.2) is 0 Å². The summed E-state index contributed by atoms with van der Waals surface area (Å²) in [5.74, 6) is 0. The molecule has 0 spiro atoms. The third kappa shape index (κ3) is 4.87. The Kier molecular flexibility index (Phi) is 7.28. The van der Waals surface area contributed by atoms with E-state index in [2.05, 4.69) is 192 Å². The van der Waals surface area contributed by atoms with Gasteiger partial charge in [-0.3, -0.25) is 4.98 Å². The van der Waals surface area contributed by atoms with Crippen LogP contribution < -0.4 is 0 Å². The Labute approximate surface area is 313 Å². The topological polar surface area (TPSA) is 46.5 Å². The highest BCUT2D eigenvalue weighted by atomic mass is 15.0. The van der Waals surface area contributed by atoms with E-state index < -0.39 is 0 Å². The van der Waals surface area contributed by atoms with Crippen LogP contribution >= 0.6 is 0 Å². The molecule has 0 atom stereocenters. The molecule has 0 aliphatic heterocycles. The van der Waals surface area contributed by atoms with Crippen LogP contribution in [0.2, 0.25) is 0 Å². The molecule has 0 aliphatic rings. The fourth-order valence-electron chi connectivity index (χ4n) is 8.43. The maximum Gasteiger partial charge on any atom is 0.0993 e. The molecule has 0 saturated heterocycles. The van der Waals surface area contributed by atoms with Gasteiger partial charge in [0.1, 0.15) is 0 Å². The number of nitrogens with zero attached hydrogens (tertiary/aromatic N) is 4. The van der Waals surface area contributed by atoms with Crippen molar-refractivity contribution in [1.82, 2.24) is 14.1 Å². The third-order valence-electron chi connectivity index (χ3n) is 10.9. The van der Waals surface area contributed by atoms with Gasteiger partial charge in [-0.15, -0.1) is 0 Å². The molecular weight excluding hydrogens is 657 g/mol. The van der Waals surface area contributed by atoms with Crippen molar-refractivity contribution < 1.29 is 0 Å². The van der Waals surface area contributed by atoms with Crippen LogP contribution in [0.3, 0.4) is 0 Å². The van der Waals surface area contributed by atoms with Crippen molar-refractivity contribution in [2.45, 2.75) is 13.8 Å². The van der Waals surface area contributed by atoms with Crippen molar-refractivity contribution in [3.05, 3.63) is 187 Å². The lowest BCUT2D eigenvalue weighted by atomic mass is 9.98. The number of benzene rings is 7. The summed E-state index contributed by atoms with van der Waals surface area (Å²) in [6, 6.07) is 58.6. The Bertz CT molecular complexity index is 2950. The summed E-state index contributed by atoms with van der Waals surface area (Å²) in [4.78, 5) is 4.43. The number of nitriles is 1. The molecule has 0 aliphatic carbocycles. The summed E-state index contributed by atoms with van der Waals surface area (Å²) >= 11 is 0. The summed E-state index contributed by atoms with van der Waals surface area (Å²) in [6.07, 6.45) is 3.71. The lowest BCUT2D eigenvalue weighted by molar-refractivity contribution is 1.13. The fourth-order valence-corrected chi connectivity index (χ4v) is 8.43. The predicted octanol–water partition coefficient (Wildman–Crippen LogP) is 12.8.